The molecule has 2 rings (SSSR count). The van der Waals surface area contributed by atoms with Crippen molar-refractivity contribution in [1.29, 1.82) is 0 Å². The lowest BCUT2D eigenvalue weighted by atomic mass is 10.1. The maximum absolute atomic E-state index is 12.3. The lowest BCUT2D eigenvalue weighted by Crippen LogP contribution is -2.36. The normalized spacial score (nSPS) is 15.3. The Kier molecular flexibility index (Phi) is 5.63. The Hall–Kier alpha value is -1.79. The van der Waals surface area contributed by atoms with Gasteiger partial charge in [0.2, 0.25) is 5.91 Å². The Bertz CT molecular complexity index is 564. The number of hydrogen-bond acceptors (Lipinski definition) is 5. The van der Waals surface area contributed by atoms with E-state index in [9.17, 15) is 9.59 Å². The number of carbonyl (C=O) groups is 2. The van der Waals surface area contributed by atoms with Gasteiger partial charge in [-0.3, -0.25) is 9.59 Å². The van der Waals surface area contributed by atoms with Crippen molar-refractivity contribution in [3.8, 4) is 5.75 Å². The van der Waals surface area contributed by atoms with Crippen molar-refractivity contribution in [2.75, 3.05) is 20.3 Å². The minimum Gasteiger partial charge on any atom is -0.491 e. The Morgan fingerprint density at radius 2 is 2.27 bits per heavy atom. The van der Waals surface area contributed by atoms with Crippen molar-refractivity contribution in [1.82, 2.24) is 4.90 Å². The SMILES string of the molecule is COC(=O)[C@@H](N)CCC(=O)N1CCOc2ccc(Cl)cc2C1. The third kappa shape index (κ3) is 4.11. The number of methoxy groups -OCH3 is 1. The Labute approximate surface area is 134 Å². The van der Waals surface area contributed by atoms with Crippen molar-refractivity contribution in [3.05, 3.63) is 28.8 Å². The molecule has 0 aromatic heterocycles. The summed E-state index contributed by atoms with van der Waals surface area (Å²) in [6, 6.07) is 4.58. The fourth-order valence-corrected chi connectivity index (χ4v) is 2.48. The van der Waals surface area contributed by atoms with E-state index in [0.717, 1.165) is 11.3 Å². The van der Waals surface area contributed by atoms with E-state index in [1.54, 1.807) is 23.1 Å². The maximum Gasteiger partial charge on any atom is 0.322 e. The van der Waals surface area contributed by atoms with E-state index in [-0.39, 0.29) is 18.7 Å². The predicted molar refractivity (Wildman–Crippen MR) is 81.6 cm³/mol. The summed E-state index contributed by atoms with van der Waals surface area (Å²) in [4.78, 5) is 25.2. The molecule has 22 heavy (non-hydrogen) atoms. The van der Waals surface area contributed by atoms with Crippen molar-refractivity contribution < 1.29 is 19.1 Å². The van der Waals surface area contributed by atoms with Gasteiger partial charge in [0.15, 0.2) is 0 Å². The quantitative estimate of drug-likeness (QED) is 0.844. The third-order valence-corrected chi connectivity index (χ3v) is 3.76. The molecule has 0 unspecified atom stereocenters. The van der Waals surface area contributed by atoms with Gasteiger partial charge < -0.3 is 20.1 Å². The zero-order valence-electron chi connectivity index (χ0n) is 12.4. The second kappa shape index (κ2) is 7.47. The molecular formula is C15H19ClN2O4. The van der Waals surface area contributed by atoms with Gasteiger partial charge in [-0.05, 0) is 24.6 Å². The molecule has 7 heteroatoms. The second-order valence-electron chi connectivity index (χ2n) is 5.08. The van der Waals surface area contributed by atoms with Crippen LogP contribution in [-0.2, 0) is 20.9 Å². The van der Waals surface area contributed by atoms with E-state index >= 15 is 0 Å². The van der Waals surface area contributed by atoms with Crippen molar-refractivity contribution in [3.63, 3.8) is 0 Å². The first-order valence-corrected chi connectivity index (χ1v) is 7.41. The second-order valence-corrected chi connectivity index (χ2v) is 5.52. The molecule has 120 valence electrons. The summed E-state index contributed by atoms with van der Waals surface area (Å²) < 4.78 is 10.2. The molecule has 1 aliphatic rings. The number of benzene rings is 1. The van der Waals surface area contributed by atoms with Gasteiger partial charge in [-0.1, -0.05) is 11.6 Å². The zero-order valence-corrected chi connectivity index (χ0v) is 13.1. The van der Waals surface area contributed by atoms with Gasteiger partial charge in [0.25, 0.3) is 0 Å². The van der Waals surface area contributed by atoms with Crippen LogP contribution in [0.15, 0.2) is 18.2 Å². The number of rotatable bonds is 4. The summed E-state index contributed by atoms with van der Waals surface area (Å²) in [5.74, 6) is 0.158. The summed E-state index contributed by atoms with van der Waals surface area (Å²) in [6.45, 7) is 1.34. The summed E-state index contributed by atoms with van der Waals surface area (Å²) in [5.41, 5.74) is 6.52. The molecule has 1 aromatic carbocycles. The van der Waals surface area contributed by atoms with Crippen LogP contribution in [0, 0.1) is 0 Å². The highest BCUT2D eigenvalue weighted by Crippen LogP contribution is 2.26. The number of ether oxygens (including phenoxy) is 2. The Morgan fingerprint density at radius 3 is 3.00 bits per heavy atom. The number of esters is 1. The van der Waals surface area contributed by atoms with E-state index in [1.165, 1.54) is 7.11 Å². The molecule has 0 fully saturated rings. The molecule has 1 amide bonds. The molecular weight excluding hydrogens is 308 g/mol. The highest BCUT2D eigenvalue weighted by molar-refractivity contribution is 6.30. The zero-order chi connectivity index (χ0) is 16.1. The number of hydrogen-bond donors (Lipinski definition) is 1. The van der Waals surface area contributed by atoms with E-state index in [0.29, 0.717) is 24.7 Å². The molecule has 1 heterocycles. The first kappa shape index (κ1) is 16.6. The summed E-state index contributed by atoms with van der Waals surface area (Å²) >= 11 is 5.98. The maximum atomic E-state index is 12.3. The molecule has 6 nitrogen and oxygen atoms in total. The van der Waals surface area contributed by atoms with Gasteiger partial charge in [-0.2, -0.15) is 0 Å². The monoisotopic (exact) mass is 326 g/mol. The van der Waals surface area contributed by atoms with Crippen LogP contribution in [-0.4, -0.2) is 43.1 Å². The topological polar surface area (TPSA) is 81.9 Å². The van der Waals surface area contributed by atoms with E-state index in [1.807, 2.05) is 0 Å². The van der Waals surface area contributed by atoms with Crippen LogP contribution in [0.3, 0.4) is 0 Å². The molecule has 1 aromatic rings. The highest BCUT2D eigenvalue weighted by atomic mass is 35.5. The van der Waals surface area contributed by atoms with E-state index < -0.39 is 12.0 Å². The fourth-order valence-electron chi connectivity index (χ4n) is 2.28. The molecule has 0 bridgehead atoms. The smallest absolute Gasteiger partial charge is 0.322 e. The first-order chi connectivity index (χ1) is 10.5. The molecule has 0 saturated carbocycles. The number of fused-ring (bicyclic) bond motifs is 1. The van der Waals surface area contributed by atoms with Crippen LogP contribution in [0.4, 0.5) is 0 Å². The van der Waals surface area contributed by atoms with E-state index in [2.05, 4.69) is 4.74 Å². The number of carbonyl (C=O) groups excluding carboxylic acids is 2. The van der Waals surface area contributed by atoms with Crippen LogP contribution in [0.5, 0.6) is 5.75 Å². The van der Waals surface area contributed by atoms with Gasteiger partial charge >= 0.3 is 5.97 Å². The van der Waals surface area contributed by atoms with Crippen LogP contribution in [0.1, 0.15) is 18.4 Å². The van der Waals surface area contributed by atoms with Crippen LogP contribution >= 0.6 is 11.6 Å². The standard InChI is InChI=1S/C15H19ClN2O4/c1-21-15(20)12(17)3-5-14(19)18-6-7-22-13-4-2-11(16)8-10(13)9-18/h2,4,8,12H,3,5-7,9,17H2,1H3/t12-/m0/s1. The number of amides is 1. The average Bonchev–Trinajstić information content (AvgIpc) is 2.73. The average molecular weight is 327 g/mol. The lowest BCUT2D eigenvalue weighted by molar-refractivity contribution is -0.142. The van der Waals surface area contributed by atoms with Gasteiger partial charge in [-0.25, -0.2) is 0 Å². The lowest BCUT2D eigenvalue weighted by Gasteiger charge is -2.20. The predicted octanol–water partition coefficient (Wildman–Crippen LogP) is 1.34. The number of nitrogens with two attached hydrogens (primary N) is 1. The number of halogens is 1. The van der Waals surface area contributed by atoms with Gasteiger partial charge in [-0.15, -0.1) is 0 Å². The van der Waals surface area contributed by atoms with Gasteiger partial charge in [0.1, 0.15) is 18.4 Å². The molecule has 0 spiro atoms. The van der Waals surface area contributed by atoms with Crippen LogP contribution < -0.4 is 10.5 Å². The summed E-state index contributed by atoms with van der Waals surface area (Å²) in [5, 5.41) is 0.601. The summed E-state index contributed by atoms with van der Waals surface area (Å²) in [7, 11) is 1.27. The molecule has 2 N–H and O–H groups in total. The molecule has 0 aliphatic carbocycles. The van der Waals surface area contributed by atoms with Crippen molar-refractivity contribution in [2.24, 2.45) is 5.73 Å². The van der Waals surface area contributed by atoms with E-state index in [4.69, 9.17) is 22.1 Å². The minimum atomic E-state index is -0.779. The van der Waals surface area contributed by atoms with Crippen molar-refractivity contribution in [2.45, 2.75) is 25.4 Å². The third-order valence-electron chi connectivity index (χ3n) is 3.53. The minimum absolute atomic E-state index is 0.0734. The van der Waals surface area contributed by atoms with Gasteiger partial charge in [0, 0.05) is 23.6 Å². The molecule has 1 atom stereocenters. The fraction of sp³-hybridized carbons (Fsp3) is 0.467. The van der Waals surface area contributed by atoms with Gasteiger partial charge in [0.05, 0.1) is 13.7 Å². The number of nitrogens with zero attached hydrogens (tertiary/aromatic N) is 1. The molecule has 0 saturated heterocycles. The molecule has 1 aliphatic heterocycles. The first-order valence-electron chi connectivity index (χ1n) is 7.03. The van der Waals surface area contributed by atoms with Crippen molar-refractivity contribution >= 4 is 23.5 Å². The van der Waals surface area contributed by atoms with Crippen LogP contribution in [0.25, 0.3) is 0 Å². The highest BCUT2D eigenvalue weighted by Gasteiger charge is 2.22. The summed E-state index contributed by atoms with van der Waals surface area (Å²) in [6.07, 6.45) is 0.442. The molecule has 0 radical (unpaired) electrons. The Morgan fingerprint density at radius 1 is 1.50 bits per heavy atom. The van der Waals surface area contributed by atoms with Crippen LogP contribution in [0.2, 0.25) is 5.02 Å². The Balaban J connectivity index is 1.97. The largest absolute Gasteiger partial charge is 0.491 e.